The van der Waals surface area contributed by atoms with E-state index in [1.807, 2.05) is 11.8 Å². The Morgan fingerprint density at radius 1 is 1.65 bits per heavy atom. The van der Waals surface area contributed by atoms with Gasteiger partial charge in [0.25, 0.3) is 0 Å². The van der Waals surface area contributed by atoms with Crippen LogP contribution in [0.1, 0.15) is 18.0 Å². The number of aliphatic carboxylic acids is 1. The highest BCUT2D eigenvalue weighted by molar-refractivity contribution is 7.99. The van der Waals surface area contributed by atoms with Crippen molar-refractivity contribution in [3.05, 3.63) is 18.0 Å². The van der Waals surface area contributed by atoms with E-state index in [1.54, 1.807) is 13.2 Å². The van der Waals surface area contributed by atoms with E-state index < -0.39 is 18.0 Å². The number of carboxylic acids is 1. The Hall–Kier alpha value is -1.70. The molecule has 1 saturated heterocycles. The van der Waals surface area contributed by atoms with Gasteiger partial charge in [0.15, 0.2) is 6.04 Å². The maximum atomic E-state index is 11.8. The summed E-state index contributed by atoms with van der Waals surface area (Å²) in [5.41, 5.74) is 0.451. The molecule has 8 heteroatoms. The lowest BCUT2D eigenvalue weighted by Crippen LogP contribution is -2.42. The number of rotatable bonds is 5. The van der Waals surface area contributed by atoms with E-state index in [4.69, 9.17) is 0 Å². The Morgan fingerprint density at radius 2 is 2.45 bits per heavy atom. The molecule has 1 aliphatic heterocycles. The predicted molar refractivity (Wildman–Crippen MR) is 75.6 cm³/mol. The molecule has 1 aliphatic rings. The first-order valence-corrected chi connectivity index (χ1v) is 7.55. The minimum absolute atomic E-state index is 0.451. The molecule has 0 radical (unpaired) electrons. The number of nitrogens with zero attached hydrogens (tertiary/aromatic N) is 2. The third-order valence-corrected chi connectivity index (χ3v) is 4.39. The Bertz CT molecular complexity index is 485. The molecular weight excluding hydrogens is 280 g/mol. The maximum Gasteiger partial charge on any atom is 0.331 e. The standard InChI is InChI=1S/C12H18N4O3S/c1-16-6-9(5-14-16)10(11(17)18)15-12(19)13-4-8-2-3-20-7-8/h5-6,8,10H,2-4,7H2,1H3,(H,17,18)(H2,13,15,19). The van der Waals surface area contributed by atoms with Gasteiger partial charge in [0.1, 0.15) is 0 Å². The van der Waals surface area contributed by atoms with Gasteiger partial charge in [-0.25, -0.2) is 9.59 Å². The Morgan fingerprint density at radius 3 is 3.00 bits per heavy atom. The van der Waals surface area contributed by atoms with E-state index in [-0.39, 0.29) is 0 Å². The van der Waals surface area contributed by atoms with Crippen molar-refractivity contribution in [2.75, 3.05) is 18.1 Å². The second kappa shape index (κ2) is 6.65. The molecular formula is C12H18N4O3S. The van der Waals surface area contributed by atoms with Gasteiger partial charge < -0.3 is 15.7 Å². The molecule has 0 aromatic carbocycles. The van der Waals surface area contributed by atoms with Gasteiger partial charge >= 0.3 is 12.0 Å². The molecule has 0 saturated carbocycles. The summed E-state index contributed by atoms with van der Waals surface area (Å²) in [6.07, 6.45) is 4.11. The van der Waals surface area contributed by atoms with Gasteiger partial charge in [0.05, 0.1) is 6.20 Å². The summed E-state index contributed by atoms with van der Waals surface area (Å²) >= 11 is 1.88. The van der Waals surface area contributed by atoms with Crippen LogP contribution in [-0.4, -0.2) is 44.9 Å². The average Bonchev–Trinajstić information content (AvgIpc) is 3.04. The predicted octanol–water partition coefficient (Wildman–Crippen LogP) is 0.598. The zero-order chi connectivity index (χ0) is 14.5. The van der Waals surface area contributed by atoms with Gasteiger partial charge in [0, 0.05) is 25.4 Å². The first kappa shape index (κ1) is 14.7. The largest absolute Gasteiger partial charge is 0.479 e. The van der Waals surface area contributed by atoms with Crippen molar-refractivity contribution in [1.29, 1.82) is 0 Å². The normalized spacial score (nSPS) is 19.6. The third-order valence-electron chi connectivity index (χ3n) is 3.16. The topological polar surface area (TPSA) is 96.2 Å². The number of aryl methyl sites for hydroxylation is 1. The number of urea groups is 1. The zero-order valence-electron chi connectivity index (χ0n) is 11.2. The number of carboxylic acid groups (broad SMARTS) is 1. The van der Waals surface area contributed by atoms with Crippen molar-refractivity contribution in [2.24, 2.45) is 13.0 Å². The highest BCUT2D eigenvalue weighted by Crippen LogP contribution is 2.22. The summed E-state index contributed by atoms with van der Waals surface area (Å²) < 4.78 is 1.50. The molecule has 7 nitrogen and oxygen atoms in total. The molecule has 2 unspecified atom stereocenters. The van der Waals surface area contributed by atoms with Crippen LogP contribution in [0.4, 0.5) is 4.79 Å². The molecule has 1 aromatic heterocycles. The molecule has 1 aromatic rings. The summed E-state index contributed by atoms with van der Waals surface area (Å²) in [7, 11) is 1.69. The van der Waals surface area contributed by atoms with Gasteiger partial charge in [0.2, 0.25) is 0 Å². The van der Waals surface area contributed by atoms with Crippen LogP contribution in [0, 0.1) is 5.92 Å². The number of nitrogens with one attached hydrogen (secondary N) is 2. The quantitative estimate of drug-likeness (QED) is 0.739. The molecule has 0 bridgehead atoms. The molecule has 0 spiro atoms. The van der Waals surface area contributed by atoms with E-state index in [0.29, 0.717) is 18.0 Å². The summed E-state index contributed by atoms with van der Waals surface area (Å²) in [6, 6.07) is -1.54. The van der Waals surface area contributed by atoms with Crippen LogP contribution in [0.5, 0.6) is 0 Å². The average molecular weight is 298 g/mol. The highest BCUT2D eigenvalue weighted by Gasteiger charge is 2.24. The first-order valence-electron chi connectivity index (χ1n) is 6.39. The lowest BCUT2D eigenvalue weighted by Gasteiger charge is -2.15. The van der Waals surface area contributed by atoms with E-state index in [2.05, 4.69) is 15.7 Å². The summed E-state index contributed by atoms with van der Waals surface area (Å²) in [5, 5.41) is 18.3. The fourth-order valence-corrected chi connectivity index (χ4v) is 3.32. The second-order valence-corrected chi connectivity index (χ2v) is 5.95. The van der Waals surface area contributed by atoms with E-state index in [9.17, 15) is 14.7 Å². The molecule has 2 rings (SSSR count). The Labute approximate surface area is 121 Å². The van der Waals surface area contributed by atoms with Crippen LogP contribution in [0.3, 0.4) is 0 Å². The van der Waals surface area contributed by atoms with Gasteiger partial charge in [-0.05, 0) is 23.8 Å². The second-order valence-electron chi connectivity index (χ2n) is 4.80. The lowest BCUT2D eigenvalue weighted by atomic mass is 10.1. The number of hydrogen-bond acceptors (Lipinski definition) is 4. The third kappa shape index (κ3) is 3.89. The van der Waals surface area contributed by atoms with Crippen LogP contribution in [-0.2, 0) is 11.8 Å². The maximum absolute atomic E-state index is 11.8. The van der Waals surface area contributed by atoms with Gasteiger partial charge in [-0.2, -0.15) is 16.9 Å². The SMILES string of the molecule is Cn1cc(C(NC(=O)NCC2CCSC2)C(=O)O)cn1. The fraction of sp³-hybridized carbons (Fsp3) is 0.583. The van der Waals surface area contributed by atoms with Crippen LogP contribution in [0.2, 0.25) is 0 Å². The van der Waals surface area contributed by atoms with Crippen LogP contribution in [0.15, 0.2) is 12.4 Å². The van der Waals surface area contributed by atoms with Crippen molar-refractivity contribution >= 4 is 23.8 Å². The Balaban J connectivity index is 1.87. The van der Waals surface area contributed by atoms with E-state index in [0.717, 1.165) is 17.9 Å². The molecule has 20 heavy (non-hydrogen) atoms. The molecule has 3 N–H and O–H groups in total. The van der Waals surface area contributed by atoms with Gasteiger partial charge in [-0.1, -0.05) is 0 Å². The molecule has 2 atom stereocenters. The van der Waals surface area contributed by atoms with Crippen molar-refractivity contribution in [1.82, 2.24) is 20.4 Å². The van der Waals surface area contributed by atoms with Gasteiger partial charge in [-0.15, -0.1) is 0 Å². The smallest absolute Gasteiger partial charge is 0.331 e. The minimum atomic E-state index is -1.11. The van der Waals surface area contributed by atoms with Crippen LogP contribution >= 0.6 is 11.8 Å². The van der Waals surface area contributed by atoms with Gasteiger partial charge in [-0.3, -0.25) is 4.68 Å². The summed E-state index contributed by atoms with van der Waals surface area (Å²) in [6.45, 7) is 0.582. The minimum Gasteiger partial charge on any atom is -0.479 e. The Kier molecular flexibility index (Phi) is 4.89. The molecule has 1 fully saturated rings. The van der Waals surface area contributed by atoms with Crippen molar-refractivity contribution in [2.45, 2.75) is 12.5 Å². The number of carbonyl (C=O) groups is 2. The molecule has 110 valence electrons. The number of hydrogen-bond donors (Lipinski definition) is 3. The summed E-state index contributed by atoms with van der Waals surface area (Å²) in [4.78, 5) is 23.0. The molecule has 2 amide bonds. The first-order chi connectivity index (χ1) is 9.56. The van der Waals surface area contributed by atoms with E-state index >= 15 is 0 Å². The zero-order valence-corrected chi connectivity index (χ0v) is 12.0. The van der Waals surface area contributed by atoms with Crippen molar-refractivity contribution in [3.8, 4) is 0 Å². The number of carbonyl (C=O) groups excluding carboxylic acids is 1. The number of aromatic nitrogens is 2. The van der Waals surface area contributed by atoms with E-state index in [1.165, 1.54) is 10.9 Å². The molecule has 0 aliphatic carbocycles. The monoisotopic (exact) mass is 298 g/mol. The summed E-state index contributed by atoms with van der Waals surface area (Å²) in [5.74, 6) is 1.55. The number of amides is 2. The van der Waals surface area contributed by atoms with Crippen LogP contribution < -0.4 is 10.6 Å². The number of thioether (sulfide) groups is 1. The van der Waals surface area contributed by atoms with Crippen molar-refractivity contribution < 1.29 is 14.7 Å². The fourth-order valence-electron chi connectivity index (χ4n) is 2.04. The van der Waals surface area contributed by atoms with Crippen molar-refractivity contribution in [3.63, 3.8) is 0 Å². The highest BCUT2D eigenvalue weighted by atomic mass is 32.2. The van der Waals surface area contributed by atoms with Crippen LogP contribution in [0.25, 0.3) is 0 Å². The lowest BCUT2D eigenvalue weighted by molar-refractivity contribution is -0.139. The molecule has 2 heterocycles.